The Balaban J connectivity index is 1.18. The standard InChI is InChI=1S/C29H27FN4O3/c1-17-21(3-2-12-31-17)27-22(28(37-33-27)19-5-6-19)8-4-18-10-13-34(14-11-18)20-7-9-25-23(15-20)24(30)16-26(32-25)29(35)36/h2-4,7-9,12,15-16,18-19H,5-6,10-11,13-14H2,1H3,(H,35,36)/b8-4+. The van der Waals surface area contributed by atoms with Crippen LogP contribution in [0.25, 0.3) is 28.2 Å². The molecule has 4 heterocycles. The van der Waals surface area contributed by atoms with Crippen molar-refractivity contribution in [3.8, 4) is 11.3 Å². The lowest BCUT2D eigenvalue weighted by Crippen LogP contribution is -2.33. The second-order valence-corrected chi connectivity index (χ2v) is 9.90. The zero-order valence-corrected chi connectivity index (χ0v) is 20.5. The van der Waals surface area contributed by atoms with Crippen LogP contribution in [0, 0.1) is 18.7 Å². The minimum absolute atomic E-state index is 0.287. The summed E-state index contributed by atoms with van der Waals surface area (Å²) in [6, 6.07) is 10.3. The minimum atomic E-state index is -1.24. The first kappa shape index (κ1) is 23.3. The number of aromatic carboxylic acids is 1. The molecule has 1 aromatic carbocycles. The lowest BCUT2D eigenvalue weighted by molar-refractivity contribution is 0.0690. The Hall–Kier alpha value is -4.07. The first-order valence-corrected chi connectivity index (χ1v) is 12.7. The van der Waals surface area contributed by atoms with Crippen molar-refractivity contribution in [2.24, 2.45) is 5.92 Å². The molecule has 7 nitrogen and oxygen atoms in total. The maximum Gasteiger partial charge on any atom is 0.354 e. The molecule has 0 amide bonds. The highest BCUT2D eigenvalue weighted by molar-refractivity contribution is 5.91. The normalized spacial score (nSPS) is 16.6. The van der Waals surface area contributed by atoms with Gasteiger partial charge in [-0.25, -0.2) is 14.2 Å². The van der Waals surface area contributed by atoms with Crippen LogP contribution in [0.3, 0.4) is 0 Å². The van der Waals surface area contributed by atoms with Gasteiger partial charge in [0.15, 0.2) is 5.69 Å². The molecule has 188 valence electrons. The van der Waals surface area contributed by atoms with Gasteiger partial charge in [-0.3, -0.25) is 4.98 Å². The minimum Gasteiger partial charge on any atom is -0.477 e. The van der Waals surface area contributed by atoms with Crippen LogP contribution in [0.4, 0.5) is 10.1 Å². The number of aryl methyl sites for hydroxylation is 1. The number of benzene rings is 1. The highest BCUT2D eigenvalue weighted by Crippen LogP contribution is 2.45. The van der Waals surface area contributed by atoms with Gasteiger partial charge in [0.25, 0.3) is 0 Å². The molecule has 8 heteroatoms. The number of carboxylic acids is 1. The fourth-order valence-electron chi connectivity index (χ4n) is 5.10. The Kier molecular flexibility index (Phi) is 5.94. The molecule has 0 spiro atoms. The third-order valence-corrected chi connectivity index (χ3v) is 7.37. The van der Waals surface area contributed by atoms with Gasteiger partial charge in [-0.1, -0.05) is 17.3 Å². The molecule has 3 aromatic heterocycles. The summed E-state index contributed by atoms with van der Waals surface area (Å²) >= 11 is 0. The van der Waals surface area contributed by atoms with Gasteiger partial charge in [-0.05, 0) is 68.9 Å². The molecule has 1 saturated heterocycles. The molecule has 0 radical (unpaired) electrons. The molecule has 2 fully saturated rings. The first-order valence-electron chi connectivity index (χ1n) is 12.7. The Morgan fingerprint density at radius 3 is 2.70 bits per heavy atom. The number of rotatable bonds is 6. The van der Waals surface area contributed by atoms with Crippen LogP contribution in [-0.2, 0) is 0 Å². The average molecular weight is 499 g/mol. The fraction of sp³-hybridized carbons (Fsp3) is 0.310. The lowest BCUT2D eigenvalue weighted by atomic mass is 9.94. The zero-order chi connectivity index (χ0) is 25.5. The van der Waals surface area contributed by atoms with E-state index in [9.17, 15) is 9.18 Å². The largest absolute Gasteiger partial charge is 0.477 e. The van der Waals surface area contributed by atoms with E-state index in [-0.39, 0.29) is 5.69 Å². The maximum absolute atomic E-state index is 14.6. The summed E-state index contributed by atoms with van der Waals surface area (Å²) in [6.45, 7) is 3.68. The molecular weight excluding hydrogens is 471 g/mol. The third-order valence-electron chi connectivity index (χ3n) is 7.37. The SMILES string of the molecule is Cc1ncccc1-c1noc(C2CC2)c1/C=C/C1CCN(c2ccc3nc(C(=O)O)cc(F)c3c2)CC1. The van der Waals surface area contributed by atoms with Gasteiger partial charge in [-0.2, -0.15) is 0 Å². The van der Waals surface area contributed by atoms with Crippen LogP contribution in [0.15, 0.2) is 53.2 Å². The molecule has 0 bridgehead atoms. The van der Waals surface area contributed by atoms with E-state index in [4.69, 9.17) is 9.63 Å². The second kappa shape index (κ2) is 9.42. The highest BCUT2D eigenvalue weighted by Gasteiger charge is 2.32. The van der Waals surface area contributed by atoms with E-state index in [1.165, 1.54) is 0 Å². The van der Waals surface area contributed by atoms with Gasteiger partial charge in [0.1, 0.15) is 17.3 Å². The molecule has 1 saturated carbocycles. The summed E-state index contributed by atoms with van der Waals surface area (Å²) in [5.41, 5.74) is 4.84. The van der Waals surface area contributed by atoms with Gasteiger partial charge in [-0.15, -0.1) is 0 Å². The number of anilines is 1. The quantitative estimate of drug-likeness (QED) is 0.336. The molecule has 6 rings (SSSR count). The van der Waals surface area contributed by atoms with Gasteiger partial charge < -0.3 is 14.5 Å². The van der Waals surface area contributed by atoms with Crippen LogP contribution in [0.5, 0.6) is 0 Å². The van der Waals surface area contributed by atoms with Crippen molar-refractivity contribution < 1.29 is 18.8 Å². The topological polar surface area (TPSA) is 92.4 Å². The van der Waals surface area contributed by atoms with E-state index in [2.05, 4.69) is 32.2 Å². The van der Waals surface area contributed by atoms with Crippen molar-refractivity contribution in [1.82, 2.24) is 15.1 Å². The lowest BCUT2D eigenvalue weighted by Gasteiger charge is -2.32. The van der Waals surface area contributed by atoms with Crippen LogP contribution >= 0.6 is 0 Å². The Morgan fingerprint density at radius 1 is 1.16 bits per heavy atom. The summed E-state index contributed by atoms with van der Waals surface area (Å²) < 4.78 is 20.4. The Morgan fingerprint density at radius 2 is 1.97 bits per heavy atom. The number of allylic oxidation sites excluding steroid dienone is 1. The number of pyridine rings is 2. The van der Waals surface area contributed by atoms with E-state index in [0.717, 1.165) is 78.8 Å². The van der Waals surface area contributed by atoms with Crippen LogP contribution in [-0.4, -0.2) is 39.3 Å². The second-order valence-electron chi connectivity index (χ2n) is 9.90. The molecule has 0 atom stereocenters. The fourth-order valence-corrected chi connectivity index (χ4v) is 5.10. The smallest absolute Gasteiger partial charge is 0.354 e. The number of hydrogen-bond donors (Lipinski definition) is 1. The number of carboxylic acid groups (broad SMARTS) is 1. The summed E-state index contributed by atoms with van der Waals surface area (Å²) in [5.74, 6) is 0.0389. The predicted octanol–water partition coefficient (Wildman–Crippen LogP) is 6.24. The zero-order valence-electron chi connectivity index (χ0n) is 20.5. The predicted molar refractivity (Wildman–Crippen MR) is 139 cm³/mol. The van der Waals surface area contributed by atoms with Gasteiger partial charge in [0, 0.05) is 59.2 Å². The molecule has 2 aliphatic rings. The number of fused-ring (bicyclic) bond motifs is 1. The van der Waals surface area contributed by atoms with Crippen molar-refractivity contribution in [3.63, 3.8) is 0 Å². The van der Waals surface area contributed by atoms with E-state index in [1.54, 1.807) is 18.3 Å². The van der Waals surface area contributed by atoms with E-state index in [0.29, 0.717) is 22.7 Å². The van der Waals surface area contributed by atoms with Crippen LogP contribution in [0.1, 0.15) is 59.1 Å². The number of halogens is 1. The van der Waals surface area contributed by atoms with E-state index in [1.807, 2.05) is 25.1 Å². The Labute approximate surface area is 213 Å². The first-order chi connectivity index (χ1) is 18.0. The summed E-state index contributed by atoms with van der Waals surface area (Å²) in [5, 5.41) is 13.9. The molecule has 1 aliphatic heterocycles. The molecule has 4 aromatic rings. The Bertz CT molecular complexity index is 1520. The monoisotopic (exact) mass is 498 g/mol. The highest BCUT2D eigenvalue weighted by atomic mass is 19.1. The van der Waals surface area contributed by atoms with Crippen LogP contribution in [0.2, 0.25) is 0 Å². The summed E-state index contributed by atoms with van der Waals surface area (Å²) in [4.78, 5) is 21.9. The number of carbonyl (C=O) groups is 1. The van der Waals surface area contributed by atoms with Crippen molar-refractivity contribution in [2.75, 3.05) is 18.0 Å². The van der Waals surface area contributed by atoms with Gasteiger partial charge >= 0.3 is 5.97 Å². The van der Waals surface area contributed by atoms with Crippen molar-refractivity contribution in [3.05, 3.63) is 77.2 Å². The molecular formula is C29H27FN4O3. The number of piperidine rings is 1. The summed E-state index contributed by atoms with van der Waals surface area (Å²) in [6.07, 6.45) is 10.5. The van der Waals surface area contributed by atoms with Crippen molar-refractivity contribution in [1.29, 1.82) is 0 Å². The van der Waals surface area contributed by atoms with Gasteiger partial charge in [0.2, 0.25) is 0 Å². The molecule has 0 unspecified atom stereocenters. The number of hydrogen-bond acceptors (Lipinski definition) is 6. The van der Waals surface area contributed by atoms with Crippen LogP contribution < -0.4 is 4.90 Å². The van der Waals surface area contributed by atoms with Crippen molar-refractivity contribution >= 4 is 28.6 Å². The number of aromatic nitrogens is 3. The molecule has 37 heavy (non-hydrogen) atoms. The van der Waals surface area contributed by atoms with E-state index >= 15 is 0 Å². The third kappa shape index (κ3) is 4.59. The molecule has 1 aliphatic carbocycles. The molecule has 1 N–H and O–H groups in total. The summed E-state index contributed by atoms with van der Waals surface area (Å²) in [7, 11) is 0. The van der Waals surface area contributed by atoms with Gasteiger partial charge in [0.05, 0.1) is 5.52 Å². The maximum atomic E-state index is 14.6. The van der Waals surface area contributed by atoms with Crippen molar-refractivity contribution in [2.45, 2.75) is 38.5 Å². The average Bonchev–Trinajstić information content (AvgIpc) is 3.67. The number of nitrogens with zero attached hydrogens (tertiary/aromatic N) is 4. The van der Waals surface area contributed by atoms with E-state index < -0.39 is 11.8 Å².